The van der Waals surface area contributed by atoms with Crippen LogP contribution in [0, 0.1) is 11.3 Å². The second kappa shape index (κ2) is 10.4. The first-order valence-electron chi connectivity index (χ1n) is 10.4. The summed E-state index contributed by atoms with van der Waals surface area (Å²) in [5, 5.41) is 20.4. The molecule has 2 aromatic carbocycles. The third-order valence-corrected chi connectivity index (χ3v) is 5.37. The molecule has 0 unspecified atom stereocenters. The molecule has 0 aliphatic carbocycles. The SMILES string of the molecule is COC(=O)[C@H](Cc1cccc(C(=N)N)c1)[C@@H](C)NC(=O)c1ccc(-c2ncccc2O)cc1. The molecule has 2 atom stereocenters. The summed E-state index contributed by atoms with van der Waals surface area (Å²) in [6.07, 6.45) is 1.89. The van der Waals surface area contributed by atoms with Crippen LogP contribution >= 0.6 is 0 Å². The molecule has 0 saturated carbocycles. The van der Waals surface area contributed by atoms with Crippen molar-refractivity contribution in [1.82, 2.24) is 10.3 Å². The molecule has 0 bridgehead atoms. The van der Waals surface area contributed by atoms with E-state index in [1.54, 1.807) is 67.7 Å². The molecule has 170 valence electrons. The van der Waals surface area contributed by atoms with Crippen molar-refractivity contribution < 1.29 is 19.4 Å². The summed E-state index contributed by atoms with van der Waals surface area (Å²) in [5.41, 5.74) is 8.44. The van der Waals surface area contributed by atoms with E-state index in [0.717, 1.165) is 5.56 Å². The second-order valence-corrected chi connectivity index (χ2v) is 7.66. The monoisotopic (exact) mass is 446 g/mol. The number of aromatic nitrogens is 1. The molecule has 33 heavy (non-hydrogen) atoms. The fourth-order valence-electron chi connectivity index (χ4n) is 3.52. The van der Waals surface area contributed by atoms with Crippen LogP contribution in [0.4, 0.5) is 0 Å². The second-order valence-electron chi connectivity index (χ2n) is 7.66. The maximum absolute atomic E-state index is 12.8. The molecule has 0 radical (unpaired) electrons. The number of esters is 1. The van der Waals surface area contributed by atoms with Gasteiger partial charge in [-0.15, -0.1) is 0 Å². The molecule has 1 amide bonds. The zero-order chi connectivity index (χ0) is 24.0. The lowest BCUT2D eigenvalue weighted by molar-refractivity contribution is -0.146. The number of rotatable bonds is 8. The van der Waals surface area contributed by atoms with Crippen molar-refractivity contribution in [3.05, 3.63) is 83.6 Å². The van der Waals surface area contributed by atoms with Gasteiger partial charge in [0.05, 0.1) is 13.0 Å². The van der Waals surface area contributed by atoms with Crippen LogP contribution in [-0.2, 0) is 16.0 Å². The van der Waals surface area contributed by atoms with Gasteiger partial charge in [0.1, 0.15) is 17.3 Å². The van der Waals surface area contributed by atoms with Gasteiger partial charge in [-0.1, -0.05) is 30.3 Å². The van der Waals surface area contributed by atoms with Crippen LogP contribution in [0.3, 0.4) is 0 Å². The molecule has 1 aromatic heterocycles. The van der Waals surface area contributed by atoms with Gasteiger partial charge >= 0.3 is 5.97 Å². The minimum atomic E-state index is -0.633. The van der Waals surface area contributed by atoms with Crippen LogP contribution < -0.4 is 11.1 Å². The van der Waals surface area contributed by atoms with Crippen LogP contribution in [0.1, 0.15) is 28.4 Å². The largest absolute Gasteiger partial charge is 0.506 e. The maximum atomic E-state index is 12.8. The van der Waals surface area contributed by atoms with Crippen molar-refractivity contribution in [1.29, 1.82) is 5.41 Å². The van der Waals surface area contributed by atoms with E-state index in [2.05, 4.69) is 10.3 Å². The van der Waals surface area contributed by atoms with Crippen molar-refractivity contribution in [2.24, 2.45) is 11.7 Å². The predicted molar refractivity (Wildman–Crippen MR) is 125 cm³/mol. The van der Waals surface area contributed by atoms with Crippen LogP contribution in [0.25, 0.3) is 11.3 Å². The number of hydrogen-bond acceptors (Lipinski definition) is 6. The third-order valence-electron chi connectivity index (χ3n) is 5.37. The Balaban J connectivity index is 1.74. The lowest BCUT2D eigenvalue weighted by Crippen LogP contribution is -2.42. The summed E-state index contributed by atoms with van der Waals surface area (Å²) in [5.74, 6) is -1.43. The van der Waals surface area contributed by atoms with Gasteiger partial charge in [-0.2, -0.15) is 0 Å². The van der Waals surface area contributed by atoms with Crippen molar-refractivity contribution in [2.45, 2.75) is 19.4 Å². The molecule has 1 heterocycles. The number of nitrogen functional groups attached to an aromatic ring is 1. The molecular weight excluding hydrogens is 420 g/mol. The summed E-state index contributed by atoms with van der Waals surface area (Å²) < 4.78 is 4.96. The molecule has 8 nitrogen and oxygen atoms in total. The summed E-state index contributed by atoms with van der Waals surface area (Å²) in [7, 11) is 1.31. The number of nitrogens with zero attached hydrogens (tertiary/aromatic N) is 1. The minimum absolute atomic E-state index is 0.0538. The Morgan fingerprint density at radius 1 is 1.12 bits per heavy atom. The van der Waals surface area contributed by atoms with Crippen LogP contribution in [-0.4, -0.2) is 41.0 Å². The standard InChI is InChI=1S/C25H26N4O4/c1-15(20(25(32)33-2)14-16-5-3-6-19(13-16)23(26)27)29-24(31)18-10-8-17(9-11-18)22-21(30)7-4-12-28-22/h3-13,15,20,30H,14H2,1-2H3,(H3,26,27)(H,29,31)/t15-,20-/m1/s1. The number of nitrogens with one attached hydrogen (secondary N) is 2. The van der Waals surface area contributed by atoms with Gasteiger partial charge in [0, 0.05) is 28.9 Å². The average Bonchev–Trinajstić information content (AvgIpc) is 2.82. The van der Waals surface area contributed by atoms with Gasteiger partial charge in [-0.3, -0.25) is 20.0 Å². The number of ether oxygens (including phenoxy) is 1. The van der Waals surface area contributed by atoms with E-state index in [-0.39, 0.29) is 17.5 Å². The molecule has 0 aliphatic heterocycles. The van der Waals surface area contributed by atoms with Crippen molar-refractivity contribution >= 4 is 17.7 Å². The summed E-state index contributed by atoms with van der Waals surface area (Å²) in [6, 6.07) is 16.4. The first-order valence-corrected chi connectivity index (χ1v) is 10.4. The average molecular weight is 447 g/mol. The number of carbonyl (C=O) groups is 2. The number of benzene rings is 2. The number of aromatic hydroxyl groups is 1. The van der Waals surface area contributed by atoms with Gasteiger partial charge in [-0.05, 0) is 49.2 Å². The number of carbonyl (C=O) groups excluding carboxylic acids is 2. The van der Waals surface area contributed by atoms with Crippen LogP contribution in [0.2, 0.25) is 0 Å². The zero-order valence-corrected chi connectivity index (χ0v) is 18.4. The third kappa shape index (κ3) is 5.74. The fraction of sp³-hybridized carbons (Fsp3) is 0.200. The quantitative estimate of drug-likeness (QED) is 0.238. The number of pyridine rings is 1. The summed E-state index contributed by atoms with van der Waals surface area (Å²) >= 11 is 0. The van der Waals surface area contributed by atoms with Crippen molar-refractivity contribution in [2.75, 3.05) is 7.11 Å². The van der Waals surface area contributed by atoms with E-state index >= 15 is 0 Å². The number of amidine groups is 1. The van der Waals surface area contributed by atoms with E-state index in [1.807, 2.05) is 6.07 Å². The first-order chi connectivity index (χ1) is 15.8. The fourth-order valence-corrected chi connectivity index (χ4v) is 3.52. The molecule has 0 fully saturated rings. The number of hydrogen-bond donors (Lipinski definition) is 4. The number of amides is 1. The lowest BCUT2D eigenvalue weighted by Gasteiger charge is -2.23. The van der Waals surface area contributed by atoms with Gasteiger partial charge < -0.3 is 20.9 Å². The van der Waals surface area contributed by atoms with Gasteiger partial charge in [0.2, 0.25) is 0 Å². The van der Waals surface area contributed by atoms with Crippen LogP contribution in [0.15, 0.2) is 66.9 Å². The van der Waals surface area contributed by atoms with E-state index in [9.17, 15) is 14.7 Å². The van der Waals surface area contributed by atoms with Gasteiger partial charge in [0.25, 0.3) is 5.91 Å². The lowest BCUT2D eigenvalue weighted by atomic mass is 9.92. The van der Waals surface area contributed by atoms with Gasteiger partial charge in [0.15, 0.2) is 0 Å². The Hall–Kier alpha value is -4.20. The van der Waals surface area contributed by atoms with Crippen molar-refractivity contribution in [3.8, 4) is 17.0 Å². The Kier molecular flexibility index (Phi) is 7.40. The highest BCUT2D eigenvalue weighted by Gasteiger charge is 2.28. The summed E-state index contributed by atoms with van der Waals surface area (Å²) in [4.78, 5) is 29.4. The number of methoxy groups -OCH3 is 1. The summed E-state index contributed by atoms with van der Waals surface area (Å²) in [6.45, 7) is 1.74. The van der Waals surface area contributed by atoms with E-state index in [1.165, 1.54) is 7.11 Å². The Morgan fingerprint density at radius 2 is 1.85 bits per heavy atom. The van der Waals surface area contributed by atoms with Crippen LogP contribution in [0.5, 0.6) is 5.75 Å². The minimum Gasteiger partial charge on any atom is -0.506 e. The molecule has 5 N–H and O–H groups in total. The Morgan fingerprint density at radius 3 is 2.48 bits per heavy atom. The van der Waals surface area contributed by atoms with Crippen molar-refractivity contribution in [3.63, 3.8) is 0 Å². The molecule has 3 aromatic rings. The van der Waals surface area contributed by atoms with Gasteiger partial charge in [-0.25, -0.2) is 0 Å². The number of nitrogens with two attached hydrogens (primary N) is 1. The Labute approximate surface area is 191 Å². The highest BCUT2D eigenvalue weighted by atomic mass is 16.5. The molecule has 0 aliphatic rings. The first kappa shape index (κ1) is 23.5. The van der Waals surface area contributed by atoms with E-state index < -0.39 is 17.9 Å². The maximum Gasteiger partial charge on any atom is 0.311 e. The highest BCUT2D eigenvalue weighted by molar-refractivity contribution is 5.95. The molecule has 3 rings (SSSR count). The molecular formula is C25H26N4O4. The van der Waals surface area contributed by atoms with E-state index in [0.29, 0.717) is 28.8 Å². The predicted octanol–water partition coefficient (Wildman–Crippen LogP) is 2.89. The smallest absolute Gasteiger partial charge is 0.311 e. The highest BCUT2D eigenvalue weighted by Crippen LogP contribution is 2.26. The Bertz CT molecular complexity index is 1160. The molecule has 8 heteroatoms. The van der Waals surface area contributed by atoms with E-state index in [4.69, 9.17) is 15.9 Å². The normalized spacial score (nSPS) is 12.4. The zero-order valence-electron chi connectivity index (χ0n) is 18.4. The molecule has 0 spiro atoms. The topological polar surface area (TPSA) is 138 Å². The molecule has 0 saturated heterocycles.